The zero-order valence-corrected chi connectivity index (χ0v) is 11.2. The highest BCUT2D eigenvalue weighted by Crippen LogP contribution is 2.14. The van der Waals surface area contributed by atoms with Crippen molar-refractivity contribution in [2.75, 3.05) is 5.32 Å². The van der Waals surface area contributed by atoms with Crippen molar-refractivity contribution in [2.45, 2.75) is 6.54 Å². The lowest BCUT2D eigenvalue weighted by Gasteiger charge is -2.08. The van der Waals surface area contributed by atoms with Crippen LogP contribution in [0, 0.1) is 5.82 Å². The summed E-state index contributed by atoms with van der Waals surface area (Å²) in [6.07, 6.45) is 3.26. The maximum Gasteiger partial charge on any atom is 0.330 e. The van der Waals surface area contributed by atoms with Gasteiger partial charge in [0.15, 0.2) is 0 Å². The predicted molar refractivity (Wildman–Crippen MR) is 80.1 cm³/mol. The molecule has 0 atom stereocenters. The highest BCUT2D eigenvalue weighted by molar-refractivity contribution is 5.49. The minimum atomic E-state index is -0.222. The minimum Gasteiger partial charge on any atom is -0.381 e. The number of hydrogen-bond acceptors (Lipinski definition) is 2. The Morgan fingerprint density at radius 2 is 1.86 bits per heavy atom. The number of anilines is 1. The molecule has 21 heavy (non-hydrogen) atoms. The number of H-pyrrole nitrogens is 1. The van der Waals surface area contributed by atoms with Crippen LogP contribution in [-0.4, -0.2) is 9.55 Å². The largest absolute Gasteiger partial charge is 0.381 e. The second kappa shape index (κ2) is 5.66. The van der Waals surface area contributed by atoms with Crippen LogP contribution in [0.25, 0.3) is 5.69 Å². The summed E-state index contributed by atoms with van der Waals surface area (Å²) in [6.45, 7) is 0.413. The van der Waals surface area contributed by atoms with E-state index in [-0.39, 0.29) is 11.5 Å². The van der Waals surface area contributed by atoms with Gasteiger partial charge in [0, 0.05) is 30.2 Å². The first-order chi connectivity index (χ1) is 10.2. The molecule has 106 valence electrons. The first-order valence-corrected chi connectivity index (χ1v) is 6.58. The summed E-state index contributed by atoms with van der Waals surface area (Å²) in [7, 11) is 0. The van der Waals surface area contributed by atoms with Gasteiger partial charge in [-0.05, 0) is 30.3 Å². The molecule has 3 rings (SSSR count). The summed E-state index contributed by atoms with van der Waals surface area (Å²) in [4.78, 5) is 14.1. The standard InChI is InChI=1S/C16H14FN3O/c17-15-4-2-1-3-12(15)11-19-13-5-7-14(8-6-13)20-10-9-18-16(20)21/h1-10,19H,11H2,(H,18,21). The van der Waals surface area contributed by atoms with Gasteiger partial charge in [-0.1, -0.05) is 18.2 Å². The van der Waals surface area contributed by atoms with Crippen molar-refractivity contribution in [1.82, 2.24) is 9.55 Å². The highest BCUT2D eigenvalue weighted by atomic mass is 19.1. The van der Waals surface area contributed by atoms with Crippen LogP contribution in [-0.2, 0) is 6.54 Å². The fourth-order valence-corrected chi connectivity index (χ4v) is 2.10. The number of nitrogens with one attached hydrogen (secondary N) is 2. The topological polar surface area (TPSA) is 49.8 Å². The number of rotatable bonds is 4. The fourth-order valence-electron chi connectivity index (χ4n) is 2.10. The molecular formula is C16H14FN3O. The number of imidazole rings is 1. The molecule has 0 radical (unpaired) electrons. The van der Waals surface area contributed by atoms with Crippen LogP contribution in [0.4, 0.5) is 10.1 Å². The van der Waals surface area contributed by atoms with Crippen molar-refractivity contribution >= 4 is 5.69 Å². The van der Waals surface area contributed by atoms with Crippen LogP contribution in [0.1, 0.15) is 5.56 Å². The number of nitrogens with zero attached hydrogens (tertiary/aromatic N) is 1. The van der Waals surface area contributed by atoms with Gasteiger partial charge >= 0.3 is 5.69 Å². The third kappa shape index (κ3) is 2.86. The molecule has 0 fully saturated rings. The van der Waals surface area contributed by atoms with E-state index in [1.54, 1.807) is 24.5 Å². The van der Waals surface area contributed by atoms with Crippen LogP contribution < -0.4 is 11.0 Å². The van der Waals surface area contributed by atoms with Crippen molar-refractivity contribution in [1.29, 1.82) is 0 Å². The van der Waals surface area contributed by atoms with E-state index < -0.39 is 0 Å². The zero-order valence-electron chi connectivity index (χ0n) is 11.2. The lowest BCUT2D eigenvalue weighted by Crippen LogP contribution is -2.13. The van der Waals surface area contributed by atoms with E-state index in [2.05, 4.69) is 10.3 Å². The summed E-state index contributed by atoms with van der Waals surface area (Å²) < 4.78 is 15.0. The van der Waals surface area contributed by atoms with Gasteiger partial charge in [0.1, 0.15) is 5.82 Å². The van der Waals surface area contributed by atoms with Crippen LogP contribution in [0.2, 0.25) is 0 Å². The third-order valence-electron chi connectivity index (χ3n) is 3.24. The Morgan fingerprint density at radius 1 is 1.10 bits per heavy atom. The molecule has 0 aliphatic heterocycles. The first-order valence-electron chi connectivity index (χ1n) is 6.58. The van der Waals surface area contributed by atoms with Gasteiger partial charge in [-0.2, -0.15) is 0 Å². The number of aromatic nitrogens is 2. The van der Waals surface area contributed by atoms with E-state index in [1.165, 1.54) is 10.6 Å². The van der Waals surface area contributed by atoms with Crippen molar-refractivity contribution in [3.8, 4) is 5.69 Å². The molecule has 0 spiro atoms. The predicted octanol–water partition coefficient (Wildman–Crippen LogP) is 2.92. The van der Waals surface area contributed by atoms with Crippen molar-refractivity contribution < 1.29 is 4.39 Å². The van der Waals surface area contributed by atoms with Crippen LogP contribution in [0.3, 0.4) is 0 Å². The Hall–Kier alpha value is -2.82. The maximum absolute atomic E-state index is 13.5. The van der Waals surface area contributed by atoms with E-state index in [9.17, 15) is 9.18 Å². The molecular weight excluding hydrogens is 269 g/mol. The Kier molecular flexibility index (Phi) is 3.55. The van der Waals surface area contributed by atoms with Crippen LogP contribution in [0.5, 0.6) is 0 Å². The molecule has 4 nitrogen and oxygen atoms in total. The number of benzene rings is 2. The van der Waals surface area contributed by atoms with Crippen LogP contribution in [0.15, 0.2) is 65.7 Å². The molecule has 0 saturated carbocycles. The molecule has 1 aromatic heterocycles. The minimum absolute atomic E-state index is 0.179. The second-order valence-electron chi connectivity index (χ2n) is 4.63. The molecule has 2 N–H and O–H groups in total. The lowest BCUT2D eigenvalue weighted by atomic mass is 10.2. The van der Waals surface area contributed by atoms with Gasteiger partial charge in [0.25, 0.3) is 0 Å². The summed E-state index contributed by atoms with van der Waals surface area (Å²) in [5, 5.41) is 3.15. The lowest BCUT2D eigenvalue weighted by molar-refractivity contribution is 0.613. The molecule has 1 heterocycles. The fraction of sp³-hybridized carbons (Fsp3) is 0.0625. The molecule has 0 amide bonds. The average Bonchev–Trinajstić information content (AvgIpc) is 2.93. The quantitative estimate of drug-likeness (QED) is 0.773. The molecule has 0 bridgehead atoms. The van der Waals surface area contributed by atoms with Gasteiger partial charge in [0.2, 0.25) is 0 Å². The van der Waals surface area contributed by atoms with Crippen LogP contribution >= 0.6 is 0 Å². The zero-order chi connectivity index (χ0) is 14.7. The van der Waals surface area contributed by atoms with E-state index in [0.29, 0.717) is 12.1 Å². The van der Waals surface area contributed by atoms with Crippen molar-refractivity contribution in [3.05, 3.63) is 82.8 Å². The Morgan fingerprint density at radius 3 is 2.52 bits per heavy atom. The normalized spacial score (nSPS) is 10.5. The van der Waals surface area contributed by atoms with E-state index >= 15 is 0 Å². The maximum atomic E-state index is 13.5. The summed E-state index contributed by atoms with van der Waals surface area (Å²) in [5.74, 6) is -0.222. The molecule has 0 saturated heterocycles. The van der Waals surface area contributed by atoms with E-state index in [4.69, 9.17) is 0 Å². The van der Waals surface area contributed by atoms with Gasteiger partial charge < -0.3 is 10.3 Å². The smallest absolute Gasteiger partial charge is 0.330 e. The number of hydrogen-bond donors (Lipinski definition) is 2. The number of halogens is 1. The Bertz CT molecular complexity index is 790. The van der Waals surface area contributed by atoms with Gasteiger partial charge in [0.05, 0.1) is 5.69 Å². The summed E-state index contributed by atoms with van der Waals surface area (Å²) in [6, 6.07) is 14.0. The van der Waals surface area contributed by atoms with Crippen molar-refractivity contribution in [2.24, 2.45) is 0 Å². The monoisotopic (exact) mass is 283 g/mol. The first kappa shape index (κ1) is 13.2. The summed E-state index contributed by atoms with van der Waals surface area (Å²) >= 11 is 0. The molecule has 3 aromatic rings. The summed E-state index contributed by atoms with van der Waals surface area (Å²) in [5.41, 5.74) is 2.08. The molecule has 5 heteroatoms. The van der Waals surface area contributed by atoms with Gasteiger partial charge in [-0.15, -0.1) is 0 Å². The van der Waals surface area contributed by atoms with Crippen molar-refractivity contribution in [3.63, 3.8) is 0 Å². The van der Waals surface area contributed by atoms with E-state index in [0.717, 1.165) is 11.4 Å². The molecule has 0 aliphatic rings. The number of aromatic amines is 1. The van der Waals surface area contributed by atoms with E-state index in [1.807, 2.05) is 30.3 Å². The third-order valence-corrected chi connectivity index (χ3v) is 3.24. The molecule has 0 aliphatic carbocycles. The second-order valence-corrected chi connectivity index (χ2v) is 4.63. The van der Waals surface area contributed by atoms with Gasteiger partial charge in [-0.3, -0.25) is 4.57 Å². The Balaban J connectivity index is 1.72. The molecule has 0 unspecified atom stereocenters. The molecule has 2 aromatic carbocycles. The Labute approximate surface area is 120 Å². The highest BCUT2D eigenvalue weighted by Gasteiger charge is 2.02. The SMILES string of the molecule is O=c1[nH]ccn1-c1ccc(NCc2ccccc2F)cc1. The average molecular weight is 283 g/mol. The van der Waals surface area contributed by atoms with Gasteiger partial charge in [-0.25, -0.2) is 9.18 Å².